The van der Waals surface area contributed by atoms with Gasteiger partial charge in [0, 0.05) is 29.5 Å². The second-order valence-corrected chi connectivity index (χ2v) is 7.46. The monoisotopic (exact) mass is 380 g/mol. The maximum Gasteiger partial charge on any atom is 0.217 e. The summed E-state index contributed by atoms with van der Waals surface area (Å²) in [6.45, 7) is 3.59. The Kier molecular flexibility index (Phi) is 6.24. The van der Waals surface area contributed by atoms with Crippen LogP contribution in [0.5, 0.6) is 5.75 Å². The Morgan fingerprint density at radius 2 is 1.78 bits per heavy atom. The fourth-order valence-corrected chi connectivity index (χ4v) is 3.75. The first-order valence-electron chi connectivity index (χ1n) is 9.01. The Balaban J connectivity index is 1.65. The third-order valence-corrected chi connectivity index (χ3v) is 5.30. The number of carbonyl (C=O) groups is 1. The molecule has 0 aliphatic rings. The van der Waals surface area contributed by atoms with Crippen LogP contribution in [0.4, 0.5) is 0 Å². The highest BCUT2D eigenvalue weighted by Crippen LogP contribution is 2.30. The molecule has 0 bridgehead atoms. The van der Waals surface area contributed by atoms with Gasteiger partial charge in [-0.25, -0.2) is 4.98 Å². The molecule has 1 amide bonds. The molecular weight excluding hydrogens is 356 g/mol. The maximum atomic E-state index is 11.1. The van der Waals surface area contributed by atoms with Crippen molar-refractivity contribution in [1.29, 1.82) is 0 Å². The quantitative estimate of drug-likeness (QED) is 0.631. The van der Waals surface area contributed by atoms with Gasteiger partial charge < -0.3 is 10.1 Å². The molecule has 3 rings (SSSR count). The van der Waals surface area contributed by atoms with Gasteiger partial charge >= 0.3 is 0 Å². The number of aromatic nitrogens is 1. The Morgan fingerprint density at radius 1 is 1.11 bits per heavy atom. The predicted octanol–water partition coefficient (Wildman–Crippen LogP) is 4.94. The van der Waals surface area contributed by atoms with Gasteiger partial charge in [-0.15, -0.1) is 11.3 Å². The van der Waals surface area contributed by atoms with Crippen molar-refractivity contribution >= 4 is 17.2 Å². The van der Waals surface area contributed by atoms with Crippen LogP contribution in [-0.2, 0) is 11.2 Å². The molecule has 0 fully saturated rings. The molecule has 0 unspecified atom stereocenters. The van der Waals surface area contributed by atoms with Crippen molar-refractivity contribution in [3.63, 3.8) is 0 Å². The SMILES string of the molecule is COc1ccc(-c2nc(-c3ccc(CC[C@H](C)NC(C)=O)cc3)cs2)cc1. The normalized spacial score (nSPS) is 11.8. The number of amides is 1. The van der Waals surface area contributed by atoms with E-state index in [1.165, 1.54) is 5.56 Å². The van der Waals surface area contributed by atoms with Crippen molar-refractivity contribution in [3.8, 4) is 27.6 Å². The van der Waals surface area contributed by atoms with E-state index in [0.717, 1.165) is 40.4 Å². The van der Waals surface area contributed by atoms with Crippen LogP contribution < -0.4 is 10.1 Å². The lowest BCUT2D eigenvalue weighted by Gasteiger charge is -2.12. The Labute approximate surface area is 164 Å². The largest absolute Gasteiger partial charge is 0.497 e. The van der Waals surface area contributed by atoms with Crippen molar-refractivity contribution in [2.45, 2.75) is 32.7 Å². The van der Waals surface area contributed by atoms with Gasteiger partial charge in [0.05, 0.1) is 12.8 Å². The average molecular weight is 381 g/mol. The third-order valence-electron chi connectivity index (χ3n) is 4.41. The van der Waals surface area contributed by atoms with Gasteiger partial charge in [0.15, 0.2) is 0 Å². The zero-order chi connectivity index (χ0) is 19.2. The van der Waals surface area contributed by atoms with Crippen molar-refractivity contribution in [2.24, 2.45) is 0 Å². The van der Waals surface area contributed by atoms with Crippen LogP contribution in [0, 0.1) is 0 Å². The highest BCUT2D eigenvalue weighted by molar-refractivity contribution is 7.13. The van der Waals surface area contributed by atoms with E-state index in [1.54, 1.807) is 25.4 Å². The molecule has 0 aliphatic carbocycles. The number of hydrogen-bond donors (Lipinski definition) is 1. The molecule has 2 aromatic carbocycles. The maximum absolute atomic E-state index is 11.1. The number of aryl methyl sites for hydroxylation is 1. The molecule has 140 valence electrons. The Hall–Kier alpha value is -2.66. The summed E-state index contributed by atoms with van der Waals surface area (Å²) in [5, 5.41) is 6.01. The number of methoxy groups -OCH3 is 1. The smallest absolute Gasteiger partial charge is 0.217 e. The molecule has 5 heteroatoms. The summed E-state index contributed by atoms with van der Waals surface area (Å²) in [5.41, 5.74) is 4.46. The van der Waals surface area contributed by atoms with Crippen LogP contribution in [0.25, 0.3) is 21.8 Å². The molecule has 0 saturated carbocycles. The Morgan fingerprint density at radius 3 is 2.41 bits per heavy atom. The van der Waals surface area contributed by atoms with Crippen LogP contribution in [0.1, 0.15) is 25.8 Å². The van der Waals surface area contributed by atoms with Crippen LogP contribution >= 0.6 is 11.3 Å². The van der Waals surface area contributed by atoms with Crippen LogP contribution in [-0.4, -0.2) is 24.0 Å². The summed E-state index contributed by atoms with van der Waals surface area (Å²) >= 11 is 1.64. The molecule has 1 atom stereocenters. The van der Waals surface area contributed by atoms with Gasteiger partial charge in [-0.1, -0.05) is 24.3 Å². The molecule has 4 nitrogen and oxygen atoms in total. The molecule has 1 N–H and O–H groups in total. The standard InChI is InChI=1S/C22H24N2O2S/c1-15(23-16(2)25)4-5-17-6-8-18(9-7-17)21-14-27-22(24-21)19-10-12-20(26-3)13-11-19/h6-15H,4-5H2,1-3H3,(H,23,25)/t15-/m0/s1. The van der Waals surface area contributed by atoms with Gasteiger partial charge in [0.2, 0.25) is 5.91 Å². The summed E-state index contributed by atoms with van der Waals surface area (Å²) < 4.78 is 5.21. The first-order chi connectivity index (χ1) is 13.0. The fraction of sp³-hybridized carbons (Fsp3) is 0.273. The second-order valence-electron chi connectivity index (χ2n) is 6.60. The van der Waals surface area contributed by atoms with E-state index in [0.29, 0.717) is 0 Å². The van der Waals surface area contributed by atoms with Gasteiger partial charge in [0.25, 0.3) is 0 Å². The number of thiazole rings is 1. The molecule has 1 aromatic heterocycles. The molecular formula is C22H24N2O2S. The van der Waals surface area contributed by atoms with E-state index in [1.807, 2.05) is 31.2 Å². The molecule has 27 heavy (non-hydrogen) atoms. The topological polar surface area (TPSA) is 51.2 Å². The number of carbonyl (C=O) groups excluding carboxylic acids is 1. The van der Waals surface area contributed by atoms with Gasteiger partial charge in [-0.05, 0) is 49.6 Å². The number of ether oxygens (including phenoxy) is 1. The van der Waals surface area contributed by atoms with Crippen molar-refractivity contribution in [2.75, 3.05) is 7.11 Å². The number of benzene rings is 2. The minimum Gasteiger partial charge on any atom is -0.497 e. The third kappa shape index (κ3) is 5.17. The van der Waals surface area contributed by atoms with Crippen LogP contribution in [0.15, 0.2) is 53.9 Å². The summed E-state index contributed by atoms with van der Waals surface area (Å²) in [5.74, 6) is 0.869. The lowest BCUT2D eigenvalue weighted by atomic mass is 10.0. The van der Waals surface area contributed by atoms with Crippen molar-refractivity contribution < 1.29 is 9.53 Å². The van der Waals surface area contributed by atoms with Gasteiger partial charge in [-0.3, -0.25) is 4.79 Å². The van der Waals surface area contributed by atoms with Crippen LogP contribution in [0.3, 0.4) is 0 Å². The summed E-state index contributed by atoms with van der Waals surface area (Å²) in [6, 6.07) is 16.7. The summed E-state index contributed by atoms with van der Waals surface area (Å²) in [4.78, 5) is 15.9. The predicted molar refractivity (Wildman–Crippen MR) is 111 cm³/mol. The molecule has 0 saturated heterocycles. The molecule has 0 aliphatic heterocycles. The highest BCUT2D eigenvalue weighted by atomic mass is 32.1. The van der Waals surface area contributed by atoms with Crippen molar-refractivity contribution in [1.82, 2.24) is 10.3 Å². The molecule has 3 aromatic rings. The molecule has 0 spiro atoms. The van der Waals surface area contributed by atoms with E-state index in [-0.39, 0.29) is 11.9 Å². The summed E-state index contributed by atoms with van der Waals surface area (Å²) in [7, 11) is 1.67. The van der Waals surface area contributed by atoms with E-state index >= 15 is 0 Å². The second kappa shape index (κ2) is 8.82. The average Bonchev–Trinajstić information content (AvgIpc) is 3.16. The van der Waals surface area contributed by atoms with E-state index in [4.69, 9.17) is 9.72 Å². The minimum absolute atomic E-state index is 0.0223. The fourth-order valence-electron chi connectivity index (χ4n) is 2.92. The lowest BCUT2D eigenvalue weighted by molar-refractivity contribution is -0.119. The number of nitrogens with zero attached hydrogens (tertiary/aromatic N) is 1. The molecule has 1 heterocycles. The van der Waals surface area contributed by atoms with E-state index < -0.39 is 0 Å². The Bertz CT molecular complexity index is 885. The molecule has 0 radical (unpaired) electrons. The summed E-state index contributed by atoms with van der Waals surface area (Å²) in [6.07, 6.45) is 1.87. The highest BCUT2D eigenvalue weighted by Gasteiger charge is 2.08. The lowest BCUT2D eigenvalue weighted by Crippen LogP contribution is -2.30. The van der Waals surface area contributed by atoms with Gasteiger partial charge in [0.1, 0.15) is 10.8 Å². The van der Waals surface area contributed by atoms with Gasteiger partial charge in [-0.2, -0.15) is 0 Å². The van der Waals surface area contributed by atoms with Crippen molar-refractivity contribution in [3.05, 3.63) is 59.5 Å². The van der Waals surface area contributed by atoms with Crippen LogP contribution in [0.2, 0.25) is 0 Å². The van der Waals surface area contributed by atoms with E-state index in [9.17, 15) is 4.79 Å². The number of hydrogen-bond acceptors (Lipinski definition) is 4. The first-order valence-corrected chi connectivity index (χ1v) is 9.89. The zero-order valence-electron chi connectivity index (χ0n) is 15.9. The number of rotatable bonds is 7. The first kappa shape index (κ1) is 19.1. The minimum atomic E-state index is 0.0223. The number of nitrogens with one attached hydrogen (secondary N) is 1. The van der Waals surface area contributed by atoms with E-state index in [2.05, 4.69) is 35.0 Å². The zero-order valence-corrected chi connectivity index (χ0v) is 16.7.